The summed E-state index contributed by atoms with van der Waals surface area (Å²) in [4.78, 5) is 11.2. The van der Waals surface area contributed by atoms with E-state index in [0.717, 1.165) is 25.7 Å². The van der Waals surface area contributed by atoms with Gasteiger partial charge in [0.2, 0.25) is 0 Å². The van der Waals surface area contributed by atoms with Crippen LogP contribution in [0.4, 0.5) is 0 Å². The SMILES string of the molecule is CCCCCCCCC(CCCCCCC)C(=O)O. The average Bonchev–Trinajstić information content (AvgIpc) is 2.39. The number of aliphatic carboxylic acids is 1. The summed E-state index contributed by atoms with van der Waals surface area (Å²) in [7, 11) is 0. The molecule has 19 heavy (non-hydrogen) atoms. The third-order valence-electron chi connectivity index (χ3n) is 3.91. The van der Waals surface area contributed by atoms with Crippen LogP contribution in [0.1, 0.15) is 97.3 Å². The lowest BCUT2D eigenvalue weighted by Gasteiger charge is -2.12. The van der Waals surface area contributed by atoms with Gasteiger partial charge in [-0.25, -0.2) is 0 Å². The fourth-order valence-electron chi connectivity index (χ4n) is 2.56. The van der Waals surface area contributed by atoms with Gasteiger partial charge in [-0.3, -0.25) is 4.79 Å². The van der Waals surface area contributed by atoms with Crippen LogP contribution in [0.25, 0.3) is 0 Å². The van der Waals surface area contributed by atoms with Crippen LogP contribution >= 0.6 is 0 Å². The topological polar surface area (TPSA) is 37.3 Å². The molecule has 1 unspecified atom stereocenters. The van der Waals surface area contributed by atoms with Gasteiger partial charge in [0.15, 0.2) is 0 Å². The molecule has 0 spiro atoms. The zero-order chi connectivity index (χ0) is 14.3. The zero-order valence-electron chi connectivity index (χ0n) is 13.1. The van der Waals surface area contributed by atoms with Gasteiger partial charge in [-0.15, -0.1) is 0 Å². The highest BCUT2D eigenvalue weighted by molar-refractivity contribution is 5.69. The third kappa shape index (κ3) is 12.3. The summed E-state index contributed by atoms with van der Waals surface area (Å²) in [5.41, 5.74) is 0. The second-order valence-corrected chi connectivity index (χ2v) is 5.79. The Balaban J connectivity index is 3.54. The first-order valence-electron chi connectivity index (χ1n) is 8.45. The van der Waals surface area contributed by atoms with Crippen molar-refractivity contribution in [3.05, 3.63) is 0 Å². The molecule has 114 valence electrons. The summed E-state index contributed by atoms with van der Waals surface area (Å²) < 4.78 is 0. The molecule has 1 N–H and O–H groups in total. The van der Waals surface area contributed by atoms with Crippen LogP contribution < -0.4 is 0 Å². The van der Waals surface area contributed by atoms with Crippen molar-refractivity contribution in [3.63, 3.8) is 0 Å². The molecule has 2 nitrogen and oxygen atoms in total. The Morgan fingerprint density at radius 1 is 0.737 bits per heavy atom. The largest absolute Gasteiger partial charge is 0.481 e. The Labute approximate surface area is 120 Å². The molecule has 0 amide bonds. The van der Waals surface area contributed by atoms with Crippen LogP contribution in [0.3, 0.4) is 0 Å². The van der Waals surface area contributed by atoms with Crippen LogP contribution in [0.2, 0.25) is 0 Å². The molecule has 0 aliphatic heterocycles. The molecule has 0 aliphatic rings. The molecule has 0 radical (unpaired) electrons. The van der Waals surface area contributed by atoms with Crippen molar-refractivity contribution >= 4 is 5.97 Å². The number of carbonyl (C=O) groups is 1. The van der Waals surface area contributed by atoms with E-state index in [0.29, 0.717) is 0 Å². The molecule has 0 aromatic carbocycles. The molecule has 2 heteroatoms. The minimum atomic E-state index is -0.580. The van der Waals surface area contributed by atoms with Gasteiger partial charge in [-0.1, -0.05) is 84.5 Å². The summed E-state index contributed by atoms with van der Waals surface area (Å²) >= 11 is 0. The van der Waals surface area contributed by atoms with Crippen LogP contribution in [-0.4, -0.2) is 11.1 Å². The first kappa shape index (κ1) is 18.5. The molecule has 0 saturated heterocycles. The summed E-state index contributed by atoms with van der Waals surface area (Å²) in [5, 5.41) is 9.22. The van der Waals surface area contributed by atoms with Crippen molar-refractivity contribution in [3.8, 4) is 0 Å². The number of hydrogen-bond acceptors (Lipinski definition) is 1. The van der Waals surface area contributed by atoms with Gasteiger partial charge in [-0.05, 0) is 12.8 Å². The number of rotatable bonds is 14. The smallest absolute Gasteiger partial charge is 0.306 e. The summed E-state index contributed by atoms with van der Waals surface area (Å²) in [6.07, 6.45) is 15.3. The van der Waals surface area contributed by atoms with Crippen molar-refractivity contribution in [2.45, 2.75) is 97.3 Å². The standard InChI is InChI=1S/C17H34O2/c1-3-5-7-9-11-13-15-16(17(18)19)14-12-10-8-6-4-2/h16H,3-15H2,1-2H3,(H,18,19). The summed E-state index contributed by atoms with van der Waals surface area (Å²) in [5.74, 6) is -0.670. The van der Waals surface area contributed by atoms with Crippen molar-refractivity contribution in [1.82, 2.24) is 0 Å². The molecule has 0 aromatic heterocycles. The Hall–Kier alpha value is -0.530. The van der Waals surface area contributed by atoms with Gasteiger partial charge in [0.1, 0.15) is 0 Å². The van der Waals surface area contributed by atoms with E-state index >= 15 is 0 Å². The highest BCUT2D eigenvalue weighted by Gasteiger charge is 2.15. The predicted octanol–water partition coefficient (Wildman–Crippen LogP) is 5.80. The van der Waals surface area contributed by atoms with Gasteiger partial charge in [0, 0.05) is 0 Å². The van der Waals surface area contributed by atoms with E-state index in [9.17, 15) is 9.90 Å². The Bertz CT molecular complexity index is 201. The van der Waals surface area contributed by atoms with Crippen molar-refractivity contribution in [2.75, 3.05) is 0 Å². The maximum Gasteiger partial charge on any atom is 0.306 e. The molecule has 0 rings (SSSR count). The summed E-state index contributed by atoms with van der Waals surface area (Å²) in [6.45, 7) is 4.43. The monoisotopic (exact) mass is 270 g/mol. The summed E-state index contributed by atoms with van der Waals surface area (Å²) in [6, 6.07) is 0. The van der Waals surface area contributed by atoms with Gasteiger partial charge < -0.3 is 5.11 Å². The Morgan fingerprint density at radius 2 is 1.11 bits per heavy atom. The normalized spacial score (nSPS) is 12.5. The maximum absolute atomic E-state index is 11.2. The van der Waals surface area contributed by atoms with E-state index in [1.165, 1.54) is 57.8 Å². The molecule has 0 aliphatic carbocycles. The van der Waals surface area contributed by atoms with Crippen molar-refractivity contribution < 1.29 is 9.90 Å². The van der Waals surface area contributed by atoms with Gasteiger partial charge in [0.05, 0.1) is 5.92 Å². The molecule has 0 heterocycles. The van der Waals surface area contributed by atoms with E-state index in [-0.39, 0.29) is 5.92 Å². The van der Waals surface area contributed by atoms with Crippen molar-refractivity contribution in [1.29, 1.82) is 0 Å². The number of hydrogen-bond donors (Lipinski definition) is 1. The van der Waals surface area contributed by atoms with Crippen LogP contribution in [0, 0.1) is 5.92 Å². The minimum absolute atomic E-state index is 0.0900. The maximum atomic E-state index is 11.2. The van der Waals surface area contributed by atoms with Gasteiger partial charge in [-0.2, -0.15) is 0 Å². The van der Waals surface area contributed by atoms with Gasteiger partial charge in [0.25, 0.3) is 0 Å². The number of unbranched alkanes of at least 4 members (excludes halogenated alkanes) is 9. The average molecular weight is 270 g/mol. The third-order valence-corrected chi connectivity index (χ3v) is 3.91. The molecule has 0 saturated carbocycles. The van der Waals surface area contributed by atoms with E-state index < -0.39 is 5.97 Å². The molecular formula is C17H34O2. The second kappa shape index (κ2) is 13.9. The molecule has 1 atom stereocenters. The first-order chi connectivity index (χ1) is 9.22. The molecule has 0 fully saturated rings. The second-order valence-electron chi connectivity index (χ2n) is 5.79. The van der Waals surface area contributed by atoms with E-state index in [2.05, 4.69) is 13.8 Å². The van der Waals surface area contributed by atoms with Crippen LogP contribution in [0.5, 0.6) is 0 Å². The Morgan fingerprint density at radius 3 is 1.47 bits per heavy atom. The fraction of sp³-hybridized carbons (Fsp3) is 0.941. The van der Waals surface area contributed by atoms with Crippen LogP contribution in [0.15, 0.2) is 0 Å². The highest BCUT2D eigenvalue weighted by Crippen LogP contribution is 2.19. The number of carboxylic acids is 1. The van der Waals surface area contributed by atoms with E-state index in [4.69, 9.17) is 0 Å². The zero-order valence-corrected chi connectivity index (χ0v) is 13.1. The lowest BCUT2D eigenvalue weighted by Crippen LogP contribution is -2.13. The first-order valence-corrected chi connectivity index (χ1v) is 8.45. The quantitative estimate of drug-likeness (QED) is 0.405. The minimum Gasteiger partial charge on any atom is -0.481 e. The molecule has 0 aromatic rings. The lowest BCUT2D eigenvalue weighted by molar-refractivity contribution is -0.142. The van der Waals surface area contributed by atoms with Crippen molar-refractivity contribution in [2.24, 2.45) is 5.92 Å². The van der Waals surface area contributed by atoms with Gasteiger partial charge >= 0.3 is 5.97 Å². The van der Waals surface area contributed by atoms with Crippen LogP contribution in [-0.2, 0) is 4.79 Å². The van der Waals surface area contributed by atoms with E-state index in [1.807, 2.05) is 0 Å². The Kier molecular flexibility index (Phi) is 13.5. The predicted molar refractivity (Wildman–Crippen MR) is 82.5 cm³/mol. The molecular weight excluding hydrogens is 236 g/mol. The molecule has 0 bridgehead atoms. The fourth-order valence-corrected chi connectivity index (χ4v) is 2.56. The number of carboxylic acid groups (broad SMARTS) is 1. The lowest BCUT2D eigenvalue weighted by atomic mass is 9.94. The highest BCUT2D eigenvalue weighted by atomic mass is 16.4. The van der Waals surface area contributed by atoms with E-state index in [1.54, 1.807) is 0 Å².